The first-order chi connectivity index (χ1) is 6.86. The molecular weight excluding hydrogens is 221 g/mol. The molecule has 0 saturated heterocycles. The van der Waals surface area contributed by atoms with E-state index in [4.69, 9.17) is 4.74 Å². The van der Waals surface area contributed by atoms with E-state index >= 15 is 0 Å². The van der Waals surface area contributed by atoms with Crippen LogP contribution in [-0.2, 0) is 0 Å². The Morgan fingerprint density at radius 2 is 2.13 bits per heavy atom. The predicted octanol–water partition coefficient (Wildman–Crippen LogP) is -0.530. The van der Waals surface area contributed by atoms with Gasteiger partial charge in [0.15, 0.2) is 0 Å². The molecule has 0 spiro atoms. The molecule has 0 bridgehead atoms. The number of ether oxygens (including phenoxy) is 1. The number of hydrogen-bond donors (Lipinski definition) is 0. The molecule has 0 radical (unpaired) electrons. The van der Waals surface area contributed by atoms with Crippen LogP contribution in [0.1, 0.15) is 0 Å². The Kier molecular flexibility index (Phi) is 4.89. The van der Waals surface area contributed by atoms with Gasteiger partial charge in [0.25, 0.3) is 0 Å². The summed E-state index contributed by atoms with van der Waals surface area (Å²) in [7, 11) is 1.60. The largest absolute Gasteiger partial charge is 1.00 e. The number of fused-ring (bicyclic) bond motifs is 1. The van der Waals surface area contributed by atoms with E-state index in [2.05, 4.69) is 4.98 Å². The van der Waals surface area contributed by atoms with Crippen LogP contribution in [-0.4, -0.2) is 16.6 Å². The second-order valence-electron chi connectivity index (χ2n) is 2.75. The zero-order chi connectivity index (χ0) is 9.97. The molecule has 0 amide bonds. The maximum atomic E-state index is 10.8. The van der Waals surface area contributed by atoms with E-state index in [9.17, 15) is 4.55 Å². The van der Waals surface area contributed by atoms with Gasteiger partial charge in [0.2, 0.25) is 0 Å². The van der Waals surface area contributed by atoms with Gasteiger partial charge in [0.05, 0.1) is 12.6 Å². The zero-order valence-electron chi connectivity index (χ0n) is 8.56. The summed E-state index contributed by atoms with van der Waals surface area (Å²) >= 11 is 0.449. The second kappa shape index (κ2) is 5.72. The van der Waals surface area contributed by atoms with Crippen molar-refractivity contribution in [2.45, 2.75) is 4.90 Å². The molecule has 1 aromatic carbocycles. The van der Waals surface area contributed by atoms with Crippen molar-refractivity contribution in [3.05, 3.63) is 30.5 Å². The van der Waals surface area contributed by atoms with Crippen LogP contribution >= 0.6 is 12.0 Å². The molecule has 0 aliphatic rings. The van der Waals surface area contributed by atoms with E-state index in [1.54, 1.807) is 25.4 Å². The van der Waals surface area contributed by atoms with E-state index in [-0.39, 0.29) is 29.6 Å². The van der Waals surface area contributed by atoms with Crippen molar-refractivity contribution in [2.24, 2.45) is 0 Å². The van der Waals surface area contributed by atoms with Gasteiger partial charge in [0, 0.05) is 16.5 Å². The molecule has 1 heterocycles. The van der Waals surface area contributed by atoms with E-state index < -0.39 is 0 Å². The summed E-state index contributed by atoms with van der Waals surface area (Å²) in [4.78, 5) is 4.79. The van der Waals surface area contributed by atoms with Crippen molar-refractivity contribution in [3.8, 4) is 5.75 Å². The summed E-state index contributed by atoms with van der Waals surface area (Å²) in [6, 6.07) is 7.25. The van der Waals surface area contributed by atoms with Crippen molar-refractivity contribution in [1.82, 2.24) is 4.98 Å². The Balaban J connectivity index is 0.00000112. The van der Waals surface area contributed by atoms with Crippen LogP contribution in [0.25, 0.3) is 10.9 Å². The Hall–Kier alpha value is -0.260. The first-order valence-electron chi connectivity index (χ1n) is 4.08. The Morgan fingerprint density at radius 3 is 2.80 bits per heavy atom. The van der Waals surface area contributed by atoms with Crippen molar-refractivity contribution in [1.29, 1.82) is 0 Å². The van der Waals surface area contributed by atoms with Crippen LogP contribution in [0.4, 0.5) is 0 Å². The molecule has 0 fully saturated rings. The Morgan fingerprint density at radius 1 is 1.33 bits per heavy atom. The first-order valence-corrected chi connectivity index (χ1v) is 4.82. The Bertz CT molecular complexity index is 421. The fourth-order valence-electron chi connectivity index (χ4n) is 1.37. The van der Waals surface area contributed by atoms with Gasteiger partial charge in [-0.2, -0.15) is 0 Å². The number of nitrogens with zero attached hydrogens (tertiary/aromatic N) is 1. The van der Waals surface area contributed by atoms with Crippen LogP contribution < -0.4 is 34.3 Å². The monoisotopic (exact) mass is 229 g/mol. The van der Waals surface area contributed by atoms with Crippen LogP contribution in [0.5, 0.6) is 5.75 Å². The maximum Gasteiger partial charge on any atom is 1.00 e. The fraction of sp³-hybridized carbons (Fsp3) is 0.100. The molecule has 1 aromatic heterocycles. The van der Waals surface area contributed by atoms with Gasteiger partial charge in [-0.05, 0) is 18.2 Å². The van der Waals surface area contributed by atoms with Crippen LogP contribution in [0.2, 0.25) is 0 Å². The quantitative estimate of drug-likeness (QED) is 0.513. The van der Waals surface area contributed by atoms with Crippen LogP contribution in [0, 0.1) is 0 Å². The zero-order valence-corrected chi connectivity index (χ0v) is 11.4. The summed E-state index contributed by atoms with van der Waals surface area (Å²) in [6.07, 6.45) is 1.64. The number of benzene rings is 1. The molecule has 0 N–H and O–H groups in total. The average molecular weight is 229 g/mol. The second-order valence-corrected chi connectivity index (χ2v) is 3.36. The number of pyridine rings is 1. The molecule has 3 nitrogen and oxygen atoms in total. The molecule has 0 unspecified atom stereocenters. The number of aromatic nitrogens is 1. The van der Waals surface area contributed by atoms with Gasteiger partial charge in [-0.25, -0.2) is 12.0 Å². The van der Waals surface area contributed by atoms with Gasteiger partial charge in [0.1, 0.15) is 5.75 Å². The minimum atomic E-state index is 0. The molecule has 0 atom stereocenters. The molecule has 15 heavy (non-hydrogen) atoms. The molecule has 5 heteroatoms. The molecule has 0 saturated carbocycles. The molecular formula is C10H8NNaO2S. The number of hydrogen-bond acceptors (Lipinski definition) is 4. The van der Waals surface area contributed by atoms with Crippen molar-refractivity contribution < 1.29 is 38.8 Å². The van der Waals surface area contributed by atoms with E-state index in [1.165, 1.54) is 0 Å². The molecule has 0 aliphatic carbocycles. The average Bonchev–Trinajstić information content (AvgIpc) is 2.27. The summed E-state index contributed by atoms with van der Waals surface area (Å²) < 4.78 is 16.0. The van der Waals surface area contributed by atoms with Crippen LogP contribution in [0.15, 0.2) is 35.4 Å². The fourth-order valence-corrected chi connectivity index (χ4v) is 1.74. The van der Waals surface area contributed by atoms with Crippen LogP contribution in [0.3, 0.4) is 0 Å². The summed E-state index contributed by atoms with van der Waals surface area (Å²) in [5, 5.41) is 0.871. The third kappa shape index (κ3) is 2.46. The third-order valence-corrected chi connectivity index (χ3v) is 2.51. The van der Waals surface area contributed by atoms with Gasteiger partial charge in [-0.15, -0.1) is 0 Å². The smallest absolute Gasteiger partial charge is 0.795 e. The normalized spacial score (nSPS) is 9.73. The minimum absolute atomic E-state index is 0. The van der Waals surface area contributed by atoms with Gasteiger partial charge < -0.3 is 9.29 Å². The molecule has 0 aliphatic heterocycles. The Labute approximate surface area is 114 Å². The summed E-state index contributed by atoms with van der Waals surface area (Å²) in [5.74, 6) is 0.742. The third-order valence-electron chi connectivity index (χ3n) is 2.00. The standard InChI is InChI=1S/C10H9NO2S.Na/c1-13-8-5-6-11-10-7(8)3-2-4-9(10)14-12;/h2-6,12H,1H3;/q;+1/p-1. The van der Waals surface area contributed by atoms with Crippen molar-refractivity contribution in [3.63, 3.8) is 0 Å². The summed E-state index contributed by atoms with van der Waals surface area (Å²) in [5.41, 5.74) is 0.701. The predicted molar refractivity (Wildman–Crippen MR) is 54.9 cm³/mol. The molecule has 72 valence electrons. The van der Waals surface area contributed by atoms with Crippen molar-refractivity contribution >= 4 is 22.9 Å². The van der Waals surface area contributed by atoms with E-state index in [0.29, 0.717) is 22.5 Å². The topological polar surface area (TPSA) is 45.2 Å². The van der Waals surface area contributed by atoms with Gasteiger partial charge >= 0.3 is 29.6 Å². The van der Waals surface area contributed by atoms with E-state index in [0.717, 1.165) is 11.1 Å². The molecule has 2 rings (SSSR count). The number of methoxy groups -OCH3 is 1. The minimum Gasteiger partial charge on any atom is -0.795 e. The number of para-hydroxylation sites is 1. The first kappa shape index (κ1) is 12.8. The molecule has 2 aromatic rings. The van der Waals surface area contributed by atoms with E-state index in [1.807, 2.05) is 12.1 Å². The number of rotatable bonds is 2. The summed E-state index contributed by atoms with van der Waals surface area (Å²) in [6.45, 7) is 0. The van der Waals surface area contributed by atoms with Crippen molar-refractivity contribution in [2.75, 3.05) is 7.11 Å². The maximum absolute atomic E-state index is 10.8. The SMILES string of the molecule is COc1ccnc2c(S[O-])cccc12.[Na+]. The van der Waals surface area contributed by atoms with Gasteiger partial charge in [-0.3, -0.25) is 4.98 Å². The van der Waals surface area contributed by atoms with Gasteiger partial charge in [-0.1, -0.05) is 6.07 Å².